The zero-order valence-corrected chi connectivity index (χ0v) is 13.2. The van der Waals surface area contributed by atoms with Gasteiger partial charge in [-0.15, -0.1) is 0 Å². The second-order valence-electron chi connectivity index (χ2n) is 8.34. The molecule has 1 saturated heterocycles. The summed E-state index contributed by atoms with van der Waals surface area (Å²) in [7, 11) is 0. The van der Waals surface area contributed by atoms with Gasteiger partial charge < -0.3 is 9.63 Å². The van der Waals surface area contributed by atoms with Crippen LogP contribution < -0.4 is 5.32 Å². The molecule has 124 valence electrons. The molecule has 1 aromatic rings. The van der Waals surface area contributed by atoms with Gasteiger partial charge in [0.05, 0.1) is 6.04 Å². The minimum Gasteiger partial charge on any atom is -0.480 e. The van der Waals surface area contributed by atoms with Crippen molar-refractivity contribution in [3.05, 3.63) is 11.7 Å². The average molecular weight is 317 g/mol. The van der Waals surface area contributed by atoms with Gasteiger partial charge in [0, 0.05) is 5.41 Å². The lowest BCUT2D eigenvalue weighted by molar-refractivity contribution is -0.139. The standard InChI is InChI=1S/C17H23N3O3/c21-15(22)13-2-1-12(18-13)14-19-16(20-23-14)17-6-9-3-10(7-17)5-11(4-9)8-17/h9-13,18H,1-8H2,(H,21,22)/t9?,10?,11?,12-,13+,17?/m1/s1. The van der Waals surface area contributed by atoms with E-state index in [1.165, 1.54) is 38.5 Å². The van der Waals surface area contributed by atoms with E-state index in [4.69, 9.17) is 14.6 Å². The highest BCUT2D eigenvalue weighted by atomic mass is 16.5. The zero-order valence-electron chi connectivity index (χ0n) is 13.2. The molecular weight excluding hydrogens is 294 g/mol. The van der Waals surface area contributed by atoms with E-state index in [1.54, 1.807) is 0 Å². The number of carboxylic acid groups (broad SMARTS) is 1. The number of carboxylic acids is 1. The Kier molecular flexibility index (Phi) is 2.90. The minimum atomic E-state index is -0.798. The van der Waals surface area contributed by atoms with E-state index in [9.17, 15) is 4.79 Å². The van der Waals surface area contributed by atoms with Gasteiger partial charge in [-0.1, -0.05) is 5.16 Å². The van der Waals surface area contributed by atoms with Crippen LogP contribution >= 0.6 is 0 Å². The normalized spacial score (nSPS) is 44.8. The predicted molar refractivity (Wildman–Crippen MR) is 80.7 cm³/mol. The number of nitrogens with one attached hydrogen (secondary N) is 1. The van der Waals surface area contributed by atoms with Gasteiger partial charge >= 0.3 is 5.97 Å². The van der Waals surface area contributed by atoms with E-state index in [1.807, 2.05) is 0 Å². The van der Waals surface area contributed by atoms with Crippen molar-refractivity contribution in [3.8, 4) is 0 Å². The SMILES string of the molecule is O=C(O)[C@@H]1CC[C@H](c2nc(C34CC5CC(CC(C5)C3)C4)no2)N1. The molecule has 0 radical (unpaired) electrons. The fourth-order valence-electron chi connectivity index (χ4n) is 6.11. The van der Waals surface area contributed by atoms with Crippen LogP contribution in [0.4, 0.5) is 0 Å². The third-order valence-electron chi connectivity index (χ3n) is 6.70. The molecule has 0 spiro atoms. The van der Waals surface area contributed by atoms with Crippen molar-refractivity contribution in [1.29, 1.82) is 0 Å². The van der Waals surface area contributed by atoms with E-state index in [2.05, 4.69) is 10.5 Å². The molecule has 6 nitrogen and oxygen atoms in total. The molecule has 0 unspecified atom stereocenters. The largest absolute Gasteiger partial charge is 0.480 e. The Morgan fingerprint density at radius 3 is 2.35 bits per heavy atom. The van der Waals surface area contributed by atoms with Gasteiger partial charge in [-0.2, -0.15) is 4.98 Å². The van der Waals surface area contributed by atoms with Crippen LogP contribution in [-0.4, -0.2) is 27.3 Å². The molecule has 6 heteroatoms. The quantitative estimate of drug-likeness (QED) is 0.890. The molecule has 2 atom stereocenters. The van der Waals surface area contributed by atoms with Gasteiger partial charge in [0.1, 0.15) is 6.04 Å². The van der Waals surface area contributed by atoms with Gasteiger partial charge in [0.15, 0.2) is 5.82 Å². The van der Waals surface area contributed by atoms with Gasteiger partial charge in [-0.05, 0) is 69.1 Å². The second kappa shape index (κ2) is 4.79. The second-order valence-corrected chi connectivity index (χ2v) is 8.34. The van der Waals surface area contributed by atoms with Crippen LogP contribution in [0.1, 0.15) is 69.1 Å². The molecule has 5 aliphatic rings. The molecule has 0 amide bonds. The molecule has 1 aromatic heterocycles. The lowest BCUT2D eigenvalue weighted by Crippen LogP contribution is -2.49. The van der Waals surface area contributed by atoms with Crippen LogP contribution in [0.25, 0.3) is 0 Å². The van der Waals surface area contributed by atoms with Crippen LogP contribution in [0.3, 0.4) is 0 Å². The Hall–Kier alpha value is -1.43. The fourth-order valence-corrected chi connectivity index (χ4v) is 6.11. The van der Waals surface area contributed by atoms with Crippen molar-refractivity contribution >= 4 is 5.97 Å². The smallest absolute Gasteiger partial charge is 0.320 e. The first kappa shape index (κ1) is 14.0. The number of hydrogen-bond acceptors (Lipinski definition) is 5. The summed E-state index contributed by atoms with van der Waals surface area (Å²) >= 11 is 0. The third kappa shape index (κ3) is 2.14. The summed E-state index contributed by atoms with van der Waals surface area (Å²) in [6.45, 7) is 0. The van der Waals surface area contributed by atoms with Gasteiger partial charge in [0.25, 0.3) is 0 Å². The zero-order chi connectivity index (χ0) is 15.6. The average Bonchev–Trinajstić information content (AvgIpc) is 3.15. The number of rotatable bonds is 3. The molecule has 1 aliphatic heterocycles. The first-order valence-electron chi connectivity index (χ1n) is 8.94. The lowest BCUT2D eigenvalue weighted by atomic mass is 9.49. The molecule has 0 aromatic carbocycles. The number of aliphatic carboxylic acids is 1. The third-order valence-corrected chi connectivity index (χ3v) is 6.70. The summed E-state index contributed by atoms with van der Waals surface area (Å²) in [4.78, 5) is 15.8. The van der Waals surface area contributed by atoms with Crippen molar-refractivity contribution in [2.75, 3.05) is 0 Å². The van der Waals surface area contributed by atoms with Crippen LogP contribution in [-0.2, 0) is 10.2 Å². The summed E-state index contributed by atoms with van der Waals surface area (Å²) < 4.78 is 5.55. The number of nitrogens with zero attached hydrogens (tertiary/aromatic N) is 2. The first-order chi connectivity index (χ1) is 11.1. The van der Waals surface area contributed by atoms with Crippen molar-refractivity contribution in [2.45, 2.75) is 68.9 Å². The number of aromatic nitrogens is 2. The Morgan fingerprint density at radius 2 is 1.78 bits per heavy atom. The Morgan fingerprint density at radius 1 is 1.13 bits per heavy atom. The van der Waals surface area contributed by atoms with Crippen molar-refractivity contribution in [1.82, 2.24) is 15.5 Å². The lowest BCUT2D eigenvalue weighted by Gasteiger charge is -2.55. The van der Waals surface area contributed by atoms with Crippen LogP contribution in [0.5, 0.6) is 0 Å². The number of carbonyl (C=O) groups is 1. The van der Waals surface area contributed by atoms with E-state index >= 15 is 0 Å². The minimum absolute atomic E-state index is 0.105. The van der Waals surface area contributed by atoms with Crippen molar-refractivity contribution in [3.63, 3.8) is 0 Å². The highest BCUT2D eigenvalue weighted by Gasteiger charge is 2.54. The van der Waals surface area contributed by atoms with Gasteiger partial charge in [0.2, 0.25) is 5.89 Å². The number of hydrogen-bond donors (Lipinski definition) is 2. The highest BCUT2D eigenvalue weighted by molar-refractivity contribution is 5.73. The molecule has 5 fully saturated rings. The first-order valence-corrected chi connectivity index (χ1v) is 8.94. The molecule has 2 N–H and O–H groups in total. The fraction of sp³-hybridized carbons (Fsp3) is 0.824. The molecule has 4 bridgehead atoms. The monoisotopic (exact) mass is 317 g/mol. The molecule has 4 saturated carbocycles. The van der Waals surface area contributed by atoms with E-state index in [-0.39, 0.29) is 11.5 Å². The Bertz CT molecular complexity index is 605. The summed E-state index contributed by atoms with van der Waals surface area (Å²) in [5.41, 5.74) is 0.140. The molecule has 2 heterocycles. The summed E-state index contributed by atoms with van der Waals surface area (Å²) in [5, 5.41) is 16.6. The maximum Gasteiger partial charge on any atom is 0.320 e. The van der Waals surface area contributed by atoms with Gasteiger partial charge in [-0.25, -0.2) is 0 Å². The van der Waals surface area contributed by atoms with E-state index < -0.39 is 12.0 Å². The topological polar surface area (TPSA) is 88.2 Å². The molecule has 23 heavy (non-hydrogen) atoms. The van der Waals surface area contributed by atoms with Crippen LogP contribution in [0.15, 0.2) is 4.52 Å². The van der Waals surface area contributed by atoms with Crippen molar-refractivity contribution in [2.24, 2.45) is 17.8 Å². The Labute approximate surface area is 135 Å². The van der Waals surface area contributed by atoms with E-state index in [0.717, 1.165) is 30.0 Å². The van der Waals surface area contributed by atoms with E-state index in [0.29, 0.717) is 12.3 Å². The van der Waals surface area contributed by atoms with Crippen LogP contribution in [0, 0.1) is 17.8 Å². The molecule has 4 aliphatic carbocycles. The van der Waals surface area contributed by atoms with Gasteiger partial charge in [-0.3, -0.25) is 10.1 Å². The van der Waals surface area contributed by atoms with Crippen molar-refractivity contribution < 1.29 is 14.4 Å². The Balaban J connectivity index is 1.39. The summed E-state index contributed by atoms with van der Waals surface area (Å²) in [6, 6.07) is -0.596. The summed E-state index contributed by atoms with van der Waals surface area (Å²) in [5.74, 6) is 3.23. The summed E-state index contributed by atoms with van der Waals surface area (Å²) in [6.07, 6.45) is 9.21. The highest BCUT2D eigenvalue weighted by Crippen LogP contribution is 2.60. The molecule has 6 rings (SSSR count). The predicted octanol–water partition coefficient (Wildman–Crippen LogP) is 2.42. The van der Waals surface area contributed by atoms with Crippen LogP contribution in [0.2, 0.25) is 0 Å². The maximum absolute atomic E-state index is 11.1. The maximum atomic E-state index is 11.1. The molecular formula is C17H23N3O3.